The maximum absolute atomic E-state index is 13.9. The van der Waals surface area contributed by atoms with E-state index in [0.717, 1.165) is 5.41 Å². The monoisotopic (exact) mass is 795 g/mol. The van der Waals surface area contributed by atoms with Gasteiger partial charge in [-0.15, -0.1) is 0 Å². The summed E-state index contributed by atoms with van der Waals surface area (Å²) in [5, 5.41) is 6.48. The zero-order chi connectivity index (χ0) is 40.6. The van der Waals surface area contributed by atoms with Crippen molar-refractivity contribution in [2.24, 2.45) is 4.99 Å². The number of nitrogens with one attached hydrogen (secondary N) is 2. The fraction of sp³-hybridized carbons (Fsp3) is 0.359. The second-order valence-electron chi connectivity index (χ2n) is 14.6. The predicted molar refractivity (Wildman–Crippen MR) is 209 cm³/mol. The van der Waals surface area contributed by atoms with Crippen LogP contribution in [-0.4, -0.2) is 85.1 Å². The summed E-state index contributed by atoms with van der Waals surface area (Å²) < 4.78 is 44.5. The van der Waals surface area contributed by atoms with E-state index in [1.165, 1.54) is 29.6 Å². The number of alkyl carbamates (subject to hydrolysis) is 2. The van der Waals surface area contributed by atoms with Crippen LogP contribution in [0.3, 0.4) is 0 Å². The molecule has 4 rings (SSSR count). The Balaban J connectivity index is 1.53. The molecule has 3 aromatic carbocycles. The fourth-order valence-corrected chi connectivity index (χ4v) is 6.85. The Morgan fingerprint density at radius 1 is 0.855 bits per heavy atom. The summed E-state index contributed by atoms with van der Waals surface area (Å²) in [5.41, 5.74) is 0.581. The molecule has 1 aliphatic heterocycles. The molecule has 294 valence electrons. The number of rotatable bonds is 9. The molecule has 1 heterocycles. The van der Waals surface area contributed by atoms with Crippen molar-refractivity contribution in [3.8, 4) is 0 Å². The molecule has 0 bridgehead atoms. The van der Waals surface area contributed by atoms with Gasteiger partial charge in [-0.1, -0.05) is 35.9 Å². The lowest BCUT2D eigenvalue weighted by molar-refractivity contribution is 0.0541. The highest BCUT2D eigenvalue weighted by Gasteiger charge is 2.36. The molecule has 14 nitrogen and oxygen atoms in total. The summed E-state index contributed by atoms with van der Waals surface area (Å²) in [4.78, 5) is 56.5. The van der Waals surface area contributed by atoms with Gasteiger partial charge in [0.25, 0.3) is 5.91 Å². The number of guanidine groups is 1. The smallest absolute Gasteiger partial charge is 0.414 e. The second-order valence-corrected chi connectivity index (χ2v) is 16.8. The van der Waals surface area contributed by atoms with Gasteiger partial charge < -0.3 is 19.1 Å². The number of benzene rings is 3. The van der Waals surface area contributed by atoms with Crippen LogP contribution < -0.4 is 10.6 Å². The fourth-order valence-electron chi connectivity index (χ4n) is 5.33. The average Bonchev–Trinajstić information content (AvgIpc) is 3.58. The number of methoxy groups -OCH3 is 1. The molecule has 3 amide bonds. The molecular formula is C39H46ClN5O9S. The molecule has 1 saturated heterocycles. The van der Waals surface area contributed by atoms with Crippen molar-refractivity contribution in [3.05, 3.63) is 105 Å². The van der Waals surface area contributed by atoms with Gasteiger partial charge in [0.15, 0.2) is 0 Å². The summed E-state index contributed by atoms with van der Waals surface area (Å²) in [6.45, 7) is 10.5. The Labute approximate surface area is 326 Å². The number of hydrogen-bond donors (Lipinski definition) is 2. The number of ether oxygens (including phenoxy) is 3. The van der Waals surface area contributed by atoms with Crippen LogP contribution in [0, 0.1) is 0 Å². The first-order valence-electron chi connectivity index (χ1n) is 17.3. The second kappa shape index (κ2) is 17.9. The van der Waals surface area contributed by atoms with Gasteiger partial charge in [0.05, 0.1) is 18.4 Å². The molecule has 0 aliphatic carbocycles. The molecule has 1 atom stereocenters. The van der Waals surface area contributed by atoms with Crippen molar-refractivity contribution in [2.75, 3.05) is 20.2 Å². The lowest BCUT2D eigenvalue weighted by Gasteiger charge is -2.27. The van der Waals surface area contributed by atoms with Crippen molar-refractivity contribution >= 4 is 63.4 Å². The zero-order valence-corrected chi connectivity index (χ0v) is 33.4. The minimum Gasteiger partial charge on any atom is -0.465 e. The van der Waals surface area contributed by atoms with Crippen molar-refractivity contribution in [2.45, 2.75) is 71.8 Å². The molecule has 0 spiro atoms. The van der Waals surface area contributed by atoms with Crippen LogP contribution in [0.1, 0.15) is 79.8 Å². The SMILES string of the molecule is COC(=O)c1ccc(CN(C2CCN(C(=O)c3ccc(N=C(NC(=O)OC(C)(C)C)NC(=O)OC(C)(C)C)cc3)C2)S(=O)(=O)/C=C/c2ccc(Cl)cc2)cc1. The average molecular weight is 796 g/mol. The van der Waals surface area contributed by atoms with E-state index in [2.05, 4.69) is 15.6 Å². The lowest BCUT2D eigenvalue weighted by Crippen LogP contribution is -2.47. The van der Waals surface area contributed by atoms with Gasteiger partial charge in [0.1, 0.15) is 11.2 Å². The Morgan fingerprint density at radius 2 is 1.40 bits per heavy atom. The van der Waals surface area contributed by atoms with E-state index in [-0.39, 0.29) is 25.0 Å². The van der Waals surface area contributed by atoms with Gasteiger partial charge in [0.2, 0.25) is 16.0 Å². The molecule has 55 heavy (non-hydrogen) atoms. The summed E-state index contributed by atoms with van der Waals surface area (Å²) in [5.74, 6) is -1.09. The van der Waals surface area contributed by atoms with Gasteiger partial charge in [0, 0.05) is 41.7 Å². The Morgan fingerprint density at radius 3 is 1.93 bits per heavy atom. The quantitative estimate of drug-likeness (QED) is 0.101. The molecule has 16 heteroatoms. The lowest BCUT2D eigenvalue weighted by atomic mass is 10.1. The third-order valence-corrected chi connectivity index (χ3v) is 9.61. The highest BCUT2D eigenvalue weighted by molar-refractivity contribution is 7.92. The van der Waals surface area contributed by atoms with Gasteiger partial charge in [-0.2, -0.15) is 4.31 Å². The van der Waals surface area contributed by atoms with Crippen molar-refractivity contribution in [3.63, 3.8) is 0 Å². The standard InChI is InChI=1S/C39H46ClN5O9S/c1-38(2,3)53-36(48)42-35(43-37(49)54-39(4,5)6)41-31-18-14-28(15-19-31)33(46)44-22-20-32(25-44)45(24-27-8-12-29(13-9-27)34(47)52-7)55(50,51)23-21-26-10-16-30(40)17-11-26/h8-19,21,23,32H,20,22,24-25H2,1-7H3,(H2,41,42,43,48,49)/b23-21+. The van der Waals surface area contributed by atoms with E-state index in [0.29, 0.717) is 45.9 Å². The number of aliphatic imine (C=N–C) groups is 1. The normalized spacial score (nSPS) is 14.7. The number of hydrogen-bond acceptors (Lipinski definition) is 10. The van der Waals surface area contributed by atoms with Crippen LogP contribution in [0.25, 0.3) is 6.08 Å². The molecule has 1 fully saturated rings. The van der Waals surface area contributed by atoms with Crippen LogP contribution in [0.2, 0.25) is 5.02 Å². The molecule has 0 aromatic heterocycles. The first kappa shape index (κ1) is 42.5. The highest BCUT2D eigenvalue weighted by Crippen LogP contribution is 2.26. The van der Waals surface area contributed by atoms with Gasteiger partial charge in [-0.05, 0) is 114 Å². The number of nitrogens with zero attached hydrogens (tertiary/aromatic N) is 3. The maximum atomic E-state index is 13.9. The molecule has 1 unspecified atom stereocenters. The third-order valence-electron chi connectivity index (χ3n) is 7.79. The summed E-state index contributed by atoms with van der Waals surface area (Å²) >= 11 is 5.99. The van der Waals surface area contributed by atoms with Crippen LogP contribution in [0.15, 0.2) is 83.2 Å². The van der Waals surface area contributed by atoms with Gasteiger partial charge >= 0.3 is 18.2 Å². The maximum Gasteiger partial charge on any atom is 0.414 e. The minimum absolute atomic E-state index is 0.00879. The van der Waals surface area contributed by atoms with Crippen LogP contribution in [-0.2, 0) is 30.8 Å². The number of esters is 1. The topological polar surface area (TPSA) is 173 Å². The van der Waals surface area contributed by atoms with Crippen molar-refractivity contribution in [1.82, 2.24) is 19.8 Å². The predicted octanol–water partition coefficient (Wildman–Crippen LogP) is 6.88. The molecule has 3 aromatic rings. The molecule has 1 aliphatic rings. The Kier molecular flexibility index (Phi) is 13.8. The molecule has 0 radical (unpaired) electrons. The Bertz CT molecular complexity index is 1990. The summed E-state index contributed by atoms with van der Waals surface area (Å²) in [6.07, 6.45) is 0.149. The summed E-state index contributed by atoms with van der Waals surface area (Å²) in [6, 6.07) is 18.8. The summed E-state index contributed by atoms with van der Waals surface area (Å²) in [7, 11) is -2.73. The number of sulfonamides is 1. The van der Waals surface area contributed by atoms with Crippen LogP contribution >= 0.6 is 11.6 Å². The third kappa shape index (κ3) is 13.2. The molecule has 0 saturated carbocycles. The van der Waals surface area contributed by atoms with E-state index in [1.807, 2.05) is 0 Å². The largest absolute Gasteiger partial charge is 0.465 e. The van der Waals surface area contributed by atoms with Crippen LogP contribution in [0.5, 0.6) is 0 Å². The van der Waals surface area contributed by atoms with E-state index < -0.39 is 45.4 Å². The number of halogens is 1. The number of carbonyl (C=O) groups is 4. The van der Waals surface area contributed by atoms with E-state index in [4.69, 9.17) is 25.8 Å². The zero-order valence-electron chi connectivity index (χ0n) is 31.8. The number of amides is 3. The van der Waals surface area contributed by atoms with Gasteiger partial charge in [-0.25, -0.2) is 27.8 Å². The molecule has 2 N–H and O–H groups in total. The number of carbonyl (C=O) groups excluding carboxylic acids is 4. The van der Waals surface area contributed by atoms with E-state index >= 15 is 0 Å². The molecular weight excluding hydrogens is 750 g/mol. The van der Waals surface area contributed by atoms with E-state index in [9.17, 15) is 27.6 Å². The first-order chi connectivity index (χ1) is 25.7. The highest BCUT2D eigenvalue weighted by atomic mass is 35.5. The van der Waals surface area contributed by atoms with E-state index in [1.54, 1.807) is 107 Å². The minimum atomic E-state index is -4.01. The van der Waals surface area contributed by atoms with Crippen LogP contribution in [0.4, 0.5) is 15.3 Å². The van der Waals surface area contributed by atoms with Crippen molar-refractivity contribution in [1.29, 1.82) is 0 Å². The Hall–Kier alpha value is -5.25. The van der Waals surface area contributed by atoms with Gasteiger partial charge in [-0.3, -0.25) is 15.4 Å². The van der Waals surface area contributed by atoms with Crippen molar-refractivity contribution < 1.29 is 41.8 Å². The first-order valence-corrected chi connectivity index (χ1v) is 19.2. The number of likely N-dealkylation sites (tertiary alicyclic amines) is 1.